The van der Waals surface area contributed by atoms with Crippen molar-refractivity contribution < 1.29 is 23.1 Å². The normalized spacial score (nSPS) is 15.1. The number of aromatic nitrogens is 1. The molecule has 0 atom stereocenters. The van der Waals surface area contributed by atoms with E-state index in [0.29, 0.717) is 26.3 Å². The summed E-state index contributed by atoms with van der Waals surface area (Å²) in [7, 11) is 0. The Kier molecular flexibility index (Phi) is 7.31. The first kappa shape index (κ1) is 23.3. The van der Waals surface area contributed by atoms with Crippen molar-refractivity contribution >= 4 is 72.9 Å². The van der Waals surface area contributed by atoms with E-state index < -0.39 is 6.61 Å². The molecule has 170 valence electrons. The van der Waals surface area contributed by atoms with Crippen molar-refractivity contribution in [1.29, 1.82) is 0 Å². The fourth-order valence-electron chi connectivity index (χ4n) is 3.14. The molecule has 2 aromatic carbocycles. The summed E-state index contributed by atoms with van der Waals surface area (Å²) in [6.45, 7) is -2.70. The minimum atomic E-state index is -2.97. The van der Waals surface area contributed by atoms with Gasteiger partial charge in [-0.15, -0.1) is 0 Å². The van der Waals surface area contributed by atoms with Gasteiger partial charge in [0.15, 0.2) is 5.13 Å². The number of thioether (sulfide) groups is 1. The second kappa shape index (κ2) is 10.4. The van der Waals surface area contributed by atoms with Crippen LogP contribution in [0.25, 0.3) is 16.3 Å². The average Bonchev–Trinajstić information content (AvgIpc) is 3.29. The van der Waals surface area contributed by atoms with E-state index >= 15 is 0 Å². The quantitative estimate of drug-likeness (QED) is 0.321. The maximum Gasteiger partial charge on any atom is 0.387 e. The number of alkyl halides is 2. The molecule has 1 aliphatic heterocycles. The van der Waals surface area contributed by atoms with Crippen LogP contribution < -0.4 is 10.1 Å². The fourth-order valence-corrected chi connectivity index (χ4v) is 5.32. The number of thiocarbonyl (C=S) groups is 1. The average molecular weight is 506 g/mol. The number of carbonyl (C=O) groups is 2. The number of benzene rings is 2. The number of ether oxygens (including phenoxy) is 1. The molecule has 11 heteroatoms. The number of halogens is 2. The van der Waals surface area contributed by atoms with E-state index in [9.17, 15) is 18.4 Å². The van der Waals surface area contributed by atoms with E-state index in [-0.39, 0.29) is 30.5 Å². The van der Waals surface area contributed by atoms with Crippen molar-refractivity contribution in [3.8, 4) is 5.75 Å². The van der Waals surface area contributed by atoms with Gasteiger partial charge in [-0.2, -0.15) is 8.78 Å². The molecule has 1 N–H and O–H groups in total. The Morgan fingerprint density at radius 3 is 2.76 bits per heavy atom. The first-order valence-electron chi connectivity index (χ1n) is 9.85. The van der Waals surface area contributed by atoms with Gasteiger partial charge >= 0.3 is 6.61 Å². The standard InChI is InChI=1S/C22H17F2N3O3S3/c23-20(24)30-15-8-3-1-6-13(15)12-17-19(29)27(22(31)33-17)11-5-10-18(28)26-21-25-14-7-2-4-9-16(14)32-21/h1-4,6-9,12,20H,5,10-11H2,(H,25,26,28). The molecule has 4 rings (SSSR count). The smallest absolute Gasteiger partial charge is 0.387 e. The summed E-state index contributed by atoms with van der Waals surface area (Å²) in [5, 5.41) is 3.31. The zero-order chi connectivity index (χ0) is 23.4. The minimum Gasteiger partial charge on any atom is -0.434 e. The first-order chi connectivity index (χ1) is 15.9. The second-order valence-corrected chi connectivity index (χ2v) is 9.59. The molecule has 0 spiro atoms. The van der Waals surface area contributed by atoms with Crippen molar-refractivity contribution in [1.82, 2.24) is 9.88 Å². The molecule has 1 saturated heterocycles. The number of nitrogens with one attached hydrogen (secondary N) is 1. The van der Waals surface area contributed by atoms with Crippen molar-refractivity contribution in [3.63, 3.8) is 0 Å². The van der Waals surface area contributed by atoms with Gasteiger partial charge in [-0.3, -0.25) is 14.5 Å². The Labute approximate surface area is 201 Å². The second-order valence-electron chi connectivity index (χ2n) is 6.89. The number of para-hydroxylation sites is 2. The lowest BCUT2D eigenvalue weighted by atomic mass is 10.2. The molecule has 0 bridgehead atoms. The van der Waals surface area contributed by atoms with E-state index in [1.807, 2.05) is 24.3 Å². The molecular weight excluding hydrogens is 488 g/mol. The lowest BCUT2D eigenvalue weighted by Crippen LogP contribution is -2.29. The molecule has 33 heavy (non-hydrogen) atoms. The summed E-state index contributed by atoms with van der Waals surface area (Å²) in [5.41, 5.74) is 1.18. The van der Waals surface area contributed by atoms with Gasteiger partial charge in [0.25, 0.3) is 5.91 Å². The predicted octanol–water partition coefficient (Wildman–Crippen LogP) is 5.52. The molecule has 1 aromatic heterocycles. The van der Waals surface area contributed by atoms with Gasteiger partial charge in [-0.1, -0.05) is 65.6 Å². The lowest BCUT2D eigenvalue weighted by molar-refractivity contribution is -0.122. The molecule has 6 nitrogen and oxygen atoms in total. The van der Waals surface area contributed by atoms with Gasteiger partial charge in [0.05, 0.1) is 15.1 Å². The summed E-state index contributed by atoms with van der Waals surface area (Å²) in [6, 6.07) is 13.8. The highest BCUT2D eigenvalue weighted by Crippen LogP contribution is 2.34. The van der Waals surface area contributed by atoms with Crippen molar-refractivity contribution in [2.45, 2.75) is 19.5 Å². The van der Waals surface area contributed by atoms with Crippen LogP contribution in [-0.4, -0.2) is 39.2 Å². The largest absolute Gasteiger partial charge is 0.434 e. The minimum absolute atomic E-state index is 0.0238. The van der Waals surface area contributed by atoms with Crippen LogP contribution in [0.5, 0.6) is 5.75 Å². The summed E-state index contributed by atoms with van der Waals surface area (Å²) < 4.78 is 31.1. The van der Waals surface area contributed by atoms with Gasteiger partial charge in [-0.05, 0) is 30.7 Å². The first-order valence-corrected chi connectivity index (χ1v) is 11.9. The van der Waals surface area contributed by atoms with Gasteiger partial charge in [-0.25, -0.2) is 4.98 Å². The molecule has 1 fully saturated rings. The highest BCUT2D eigenvalue weighted by molar-refractivity contribution is 8.26. The van der Waals surface area contributed by atoms with Gasteiger partial charge in [0.1, 0.15) is 10.1 Å². The zero-order valence-corrected chi connectivity index (χ0v) is 19.4. The van der Waals surface area contributed by atoms with Crippen LogP contribution in [0.4, 0.5) is 13.9 Å². The number of hydrogen-bond acceptors (Lipinski definition) is 7. The van der Waals surface area contributed by atoms with Crippen LogP contribution in [0.1, 0.15) is 18.4 Å². The maximum absolute atomic E-state index is 12.8. The highest BCUT2D eigenvalue weighted by atomic mass is 32.2. The van der Waals surface area contributed by atoms with Gasteiger partial charge < -0.3 is 10.1 Å². The molecule has 0 unspecified atom stereocenters. The van der Waals surface area contributed by atoms with Crippen LogP contribution in [-0.2, 0) is 9.59 Å². The maximum atomic E-state index is 12.8. The summed E-state index contributed by atoms with van der Waals surface area (Å²) >= 11 is 7.78. The molecule has 0 saturated carbocycles. The number of thiazole rings is 1. The van der Waals surface area contributed by atoms with Crippen LogP contribution in [0.15, 0.2) is 53.4 Å². The fraction of sp³-hybridized carbons (Fsp3) is 0.182. The molecular formula is C22H17F2N3O3S3. The number of hydrogen-bond donors (Lipinski definition) is 1. The van der Waals surface area contributed by atoms with Crippen LogP contribution in [0, 0.1) is 0 Å². The zero-order valence-electron chi connectivity index (χ0n) is 17.0. The number of nitrogens with zero attached hydrogens (tertiary/aromatic N) is 2. The number of rotatable bonds is 8. The number of fused-ring (bicyclic) bond motifs is 1. The third-order valence-corrected chi connectivity index (χ3v) is 6.95. The highest BCUT2D eigenvalue weighted by Gasteiger charge is 2.32. The Morgan fingerprint density at radius 1 is 1.21 bits per heavy atom. The molecule has 2 heterocycles. The number of anilines is 1. The SMILES string of the molecule is O=C(CCCN1C(=O)C(=Cc2ccccc2OC(F)F)SC1=S)Nc1nc2ccccc2s1. The number of carbonyl (C=O) groups excluding carboxylic acids is 2. The van der Waals surface area contributed by atoms with Crippen LogP contribution in [0.3, 0.4) is 0 Å². The lowest BCUT2D eigenvalue weighted by Gasteiger charge is -2.13. The van der Waals surface area contributed by atoms with Crippen molar-refractivity contribution in [2.24, 2.45) is 0 Å². The van der Waals surface area contributed by atoms with E-state index in [0.717, 1.165) is 22.0 Å². The molecule has 3 aromatic rings. The Balaban J connectivity index is 1.34. The van der Waals surface area contributed by atoms with E-state index in [1.165, 1.54) is 28.4 Å². The summed E-state index contributed by atoms with van der Waals surface area (Å²) in [4.78, 5) is 31.1. The Bertz CT molecular complexity index is 1210. The van der Waals surface area contributed by atoms with E-state index in [2.05, 4.69) is 15.0 Å². The molecule has 0 radical (unpaired) electrons. The van der Waals surface area contributed by atoms with Crippen LogP contribution in [0.2, 0.25) is 0 Å². The van der Waals surface area contributed by atoms with E-state index in [1.54, 1.807) is 18.2 Å². The third kappa shape index (κ3) is 5.73. The van der Waals surface area contributed by atoms with Crippen molar-refractivity contribution in [3.05, 3.63) is 59.0 Å². The Morgan fingerprint density at radius 2 is 1.97 bits per heavy atom. The van der Waals surface area contributed by atoms with Gasteiger partial charge in [0.2, 0.25) is 5.91 Å². The molecule has 2 amide bonds. The topological polar surface area (TPSA) is 71.5 Å². The van der Waals surface area contributed by atoms with Crippen LogP contribution >= 0.6 is 35.3 Å². The van der Waals surface area contributed by atoms with Crippen molar-refractivity contribution in [2.75, 3.05) is 11.9 Å². The number of amides is 2. The van der Waals surface area contributed by atoms with E-state index in [4.69, 9.17) is 12.2 Å². The molecule has 1 aliphatic rings. The third-order valence-electron chi connectivity index (χ3n) is 4.62. The Hall–Kier alpha value is -2.89. The van der Waals surface area contributed by atoms with Gasteiger partial charge in [0, 0.05) is 18.5 Å². The summed E-state index contributed by atoms with van der Waals surface area (Å²) in [5.74, 6) is -0.555. The summed E-state index contributed by atoms with van der Waals surface area (Å²) in [6.07, 6.45) is 2.08. The molecule has 0 aliphatic carbocycles. The predicted molar refractivity (Wildman–Crippen MR) is 130 cm³/mol. The monoisotopic (exact) mass is 505 g/mol.